The Morgan fingerprint density at radius 3 is 2.60 bits per heavy atom. The smallest absolute Gasteiger partial charge is 0.313 e. The average Bonchev–Trinajstić information content (AvgIpc) is 2.81. The van der Waals surface area contributed by atoms with E-state index in [4.69, 9.17) is 0 Å². The molecule has 20 heavy (non-hydrogen) atoms. The lowest BCUT2D eigenvalue weighted by atomic mass is 10.0. The molecule has 5 nitrogen and oxygen atoms in total. The molecule has 0 N–H and O–H groups in total. The average molecular weight is 279 g/mol. The number of nitrogens with zero attached hydrogens (tertiary/aromatic N) is 1. The lowest BCUT2D eigenvalue weighted by molar-refractivity contribution is -0.144. The number of hydrogen-bond donors (Lipinski definition) is 0. The third-order valence-electron chi connectivity index (χ3n) is 3.26. The summed E-state index contributed by atoms with van der Waals surface area (Å²) in [6.45, 7) is 0.209. The molecule has 6 heteroatoms. The number of hydrogen-bond acceptors (Lipinski definition) is 4. The maximum atomic E-state index is 12.8. The molecular formula is C14H14FNO4. The van der Waals surface area contributed by atoms with Crippen LogP contribution in [-0.4, -0.2) is 31.3 Å². The van der Waals surface area contributed by atoms with Crippen molar-refractivity contribution >= 4 is 23.3 Å². The minimum absolute atomic E-state index is 0.0627. The van der Waals surface area contributed by atoms with Crippen LogP contribution in [0, 0.1) is 11.7 Å². The number of halogens is 1. The normalized spacial score (nSPS) is 18.2. The Hall–Kier alpha value is -2.24. The van der Waals surface area contributed by atoms with Gasteiger partial charge in [-0.05, 0) is 24.3 Å². The second kappa shape index (κ2) is 5.81. The number of rotatable bonds is 4. The molecule has 106 valence electrons. The first-order valence-corrected chi connectivity index (χ1v) is 6.16. The van der Waals surface area contributed by atoms with Crippen molar-refractivity contribution < 1.29 is 23.5 Å². The number of ether oxygens (including phenoxy) is 1. The van der Waals surface area contributed by atoms with E-state index in [1.807, 2.05) is 0 Å². The molecule has 0 unspecified atom stereocenters. The predicted molar refractivity (Wildman–Crippen MR) is 68.5 cm³/mol. The number of benzene rings is 1. The standard InChI is InChI=1S/C14H14FNO4/c1-20-14(19)7-12(17)9-6-13(18)16(8-9)11-4-2-10(15)3-5-11/h2-5,9H,6-8H2,1H3/t9-/m0/s1. The summed E-state index contributed by atoms with van der Waals surface area (Å²) in [7, 11) is 1.21. The van der Waals surface area contributed by atoms with Gasteiger partial charge in [0.2, 0.25) is 5.91 Å². The third kappa shape index (κ3) is 3.01. The molecule has 1 saturated heterocycles. The number of anilines is 1. The summed E-state index contributed by atoms with van der Waals surface area (Å²) in [6.07, 6.45) is -0.265. The molecule has 1 aromatic rings. The van der Waals surface area contributed by atoms with Gasteiger partial charge >= 0.3 is 5.97 Å². The Balaban J connectivity index is 2.05. The molecule has 0 bridgehead atoms. The fraction of sp³-hybridized carbons (Fsp3) is 0.357. The van der Waals surface area contributed by atoms with Crippen LogP contribution in [0.4, 0.5) is 10.1 Å². The Bertz CT molecular complexity index is 541. The predicted octanol–water partition coefficient (Wildman–Crippen LogP) is 1.31. The summed E-state index contributed by atoms with van der Waals surface area (Å²) >= 11 is 0. The van der Waals surface area contributed by atoms with E-state index < -0.39 is 17.7 Å². The summed E-state index contributed by atoms with van der Waals surface area (Å²) < 4.78 is 17.3. The van der Waals surface area contributed by atoms with Crippen LogP contribution in [-0.2, 0) is 19.1 Å². The van der Waals surface area contributed by atoms with Crippen molar-refractivity contribution in [2.45, 2.75) is 12.8 Å². The van der Waals surface area contributed by atoms with E-state index in [-0.39, 0.29) is 31.1 Å². The van der Waals surface area contributed by atoms with E-state index in [0.717, 1.165) is 0 Å². The van der Waals surface area contributed by atoms with Gasteiger partial charge in [-0.2, -0.15) is 0 Å². The highest BCUT2D eigenvalue weighted by Crippen LogP contribution is 2.26. The molecule has 0 radical (unpaired) electrons. The number of carbonyl (C=O) groups excluding carboxylic acids is 3. The van der Waals surface area contributed by atoms with Gasteiger partial charge in [0.05, 0.1) is 7.11 Å². The summed E-state index contributed by atoms with van der Waals surface area (Å²) in [4.78, 5) is 36.2. The first-order valence-electron chi connectivity index (χ1n) is 6.16. The van der Waals surface area contributed by atoms with Gasteiger partial charge in [-0.3, -0.25) is 14.4 Å². The topological polar surface area (TPSA) is 63.7 Å². The molecule has 0 saturated carbocycles. The fourth-order valence-electron chi connectivity index (χ4n) is 2.15. The molecule has 1 aromatic carbocycles. The molecule has 0 aromatic heterocycles. The van der Waals surface area contributed by atoms with Crippen molar-refractivity contribution in [2.75, 3.05) is 18.6 Å². The number of ketones is 1. The van der Waals surface area contributed by atoms with Crippen LogP contribution < -0.4 is 4.90 Å². The van der Waals surface area contributed by atoms with E-state index in [9.17, 15) is 18.8 Å². The Morgan fingerprint density at radius 1 is 1.35 bits per heavy atom. The van der Waals surface area contributed by atoms with Crippen LogP contribution in [0.15, 0.2) is 24.3 Å². The van der Waals surface area contributed by atoms with E-state index >= 15 is 0 Å². The highest BCUT2D eigenvalue weighted by Gasteiger charge is 2.35. The first kappa shape index (κ1) is 14.2. The Labute approximate surface area is 115 Å². The van der Waals surface area contributed by atoms with Crippen LogP contribution in [0.1, 0.15) is 12.8 Å². The van der Waals surface area contributed by atoms with Crippen molar-refractivity contribution in [3.8, 4) is 0 Å². The molecular weight excluding hydrogens is 265 g/mol. The van der Waals surface area contributed by atoms with Crippen LogP contribution in [0.25, 0.3) is 0 Å². The number of Topliss-reactive ketones (excluding diaryl/α,β-unsaturated/α-hetero) is 1. The number of amides is 1. The molecule has 1 amide bonds. The zero-order valence-electron chi connectivity index (χ0n) is 11.0. The summed E-state index contributed by atoms with van der Waals surface area (Å²) in [5.41, 5.74) is 0.546. The van der Waals surface area contributed by atoms with Crippen molar-refractivity contribution in [3.05, 3.63) is 30.1 Å². The van der Waals surface area contributed by atoms with Crippen molar-refractivity contribution in [2.24, 2.45) is 5.92 Å². The largest absolute Gasteiger partial charge is 0.469 e. The monoisotopic (exact) mass is 279 g/mol. The molecule has 1 fully saturated rings. The summed E-state index contributed by atoms with van der Waals surface area (Å²) in [5, 5.41) is 0. The van der Waals surface area contributed by atoms with Gasteiger partial charge in [0, 0.05) is 24.6 Å². The lowest BCUT2D eigenvalue weighted by Crippen LogP contribution is -2.26. The quantitative estimate of drug-likeness (QED) is 0.616. The van der Waals surface area contributed by atoms with Gasteiger partial charge < -0.3 is 9.64 Å². The van der Waals surface area contributed by atoms with Gasteiger partial charge in [-0.25, -0.2) is 4.39 Å². The maximum Gasteiger partial charge on any atom is 0.313 e. The maximum absolute atomic E-state index is 12.8. The molecule has 0 aliphatic carbocycles. The lowest BCUT2D eigenvalue weighted by Gasteiger charge is -2.16. The van der Waals surface area contributed by atoms with E-state index in [1.165, 1.54) is 36.3 Å². The minimum Gasteiger partial charge on any atom is -0.469 e. The Kier molecular flexibility index (Phi) is 4.12. The Morgan fingerprint density at radius 2 is 2.00 bits per heavy atom. The SMILES string of the molecule is COC(=O)CC(=O)[C@H]1CC(=O)N(c2ccc(F)cc2)C1. The summed E-state index contributed by atoms with van der Waals surface area (Å²) in [5.74, 6) is -2.04. The van der Waals surface area contributed by atoms with Crippen molar-refractivity contribution in [1.29, 1.82) is 0 Å². The molecule has 1 heterocycles. The van der Waals surface area contributed by atoms with Gasteiger partial charge in [-0.1, -0.05) is 0 Å². The van der Waals surface area contributed by atoms with Crippen LogP contribution >= 0.6 is 0 Å². The van der Waals surface area contributed by atoms with Crippen molar-refractivity contribution in [1.82, 2.24) is 0 Å². The first-order chi connectivity index (χ1) is 9.51. The molecule has 1 atom stereocenters. The van der Waals surface area contributed by atoms with Crippen LogP contribution in [0.2, 0.25) is 0 Å². The third-order valence-corrected chi connectivity index (χ3v) is 3.26. The zero-order valence-corrected chi connectivity index (χ0v) is 11.0. The van der Waals surface area contributed by atoms with E-state index in [0.29, 0.717) is 5.69 Å². The second-order valence-electron chi connectivity index (χ2n) is 4.60. The number of carbonyl (C=O) groups is 3. The van der Waals surface area contributed by atoms with Gasteiger partial charge in [-0.15, -0.1) is 0 Å². The van der Waals surface area contributed by atoms with E-state index in [1.54, 1.807) is 0 Å². The zero-order chi connectivity index (χ0) is 14.7. The highest BCUT2D eigenvalue weighted by atomic mass is 19.1. The minimum atomic E-state index is -0.609. The molecule has 0 spiro atoms. The number of esters is 1. The molecule has 1 aliphatic rings. The number of methoxy groups -OCH3 is 1. The fourth-order valence-corrected chi connectivity index (χ4v) is 2.15. The van der Waals surface area contributed by atoms with Crippen LogP contribution in [0.5, 0.6) is 0 Å². The van der Waals surface area contributed by atoms with Crippen LogP contribution in [0.3, 0.4) is 0 Å². The van der Waals surface area contributed by atoms with E-state index in [2.05, 4.69) is 4.74 Å². The van der Waals surface area contributed by atoms with Gasteiger partial charge in [0.15, 0.2) is 0 Å². The van der Waals surface area contributed by atoms with Gasteiger partial charge in [0.1, 0.15) is 18.0 Å². The second-order valence-corrected chi connectivity index (χ2v) is 4.60. The summed E-state index contributed by atoms with van der Waals surface area (Å²) in [6, 6.07) is 5.49. The molecule has 1 aliphatic heterocycles. The van der Waals surface area contributed by atoms with Crippen molar-refractivity contribution in [3.63, 3.8) is 0 Å². The highest BCUT2D eigenvalue weighted by molar-refractivity contribution is 6.04. The van der Waals surface area contributed by atoms with Gasteiger partial charge in [0.25, 0.3) is 0 Å². The molecule has 2 rings (SSSR count).